The number of fused-ring (bicyclic) bond motifs is 1. The number of hydrogen-bond acceptors (Lipinski definition) is 5. The number of sulfonamides is 1. The number of benzene rings is 1. The normalized spacial score (nSPS) is 23.7. The van der Waals surface area contributed by atoms with Crippen molar-refractivity contribution in [3.8, 4) is 5.75 Å². The van der Waals surface area contributed by atoms with Gasteiger partial charge in [0.1, 0.15) is 5.75 Å². The summed E-state index contributed by atoms with van der Waals surface area (Å²) in [6.45, 7) is 3.76. The smallest absolute Gasteiger partial charge is 0.253 e. The van der Waals surface area contributed by atoms with Crippen LogP contribution in [0.4, 0.5) is 0 Å². The highest BCUT2D eigenvalue weighted by atomic mass is 32.2. The summed E-state index contributed by atoms with van der Waals surface area (Å²) >= 11 is 0. The first-order chi connectivity index (χ1) is 13.8. The minimum atomic E-state index is -3.34. The van der Waals surface area contributed by atoms with Crippen LogP contribution in [0.15, 0.2) is 24.3 Å². The van der Waals surface area contributed by atoms with E-state index in [4.69, 9.17) is 4.74 Å². The van der Waals surface area contributed by atoms with E-state index in [2.05, 4.69) is 10.0 Å². The van der Waals surface area contributed by atoms with Gasteiger partial charge in [-0.2, -0.15) is 0 Å². The molecule has 1 saturated carbocycles. The predicted molar refractivity (Wildman–Crippen MR) is 109 cm³/mol. The molecule has 160 valence electrons. The van der Waals surface area contributed by atoms with Gasteiger partial charge in [-0.25, -0.2) is 13.1 Å². The Labute approximate surface area is 172 Å². The monoisotopic (exact) mass is 423 g/mol. The lowest BCUT2D eigenvalue weighted by Crippen LogP contribution is -2.56. The fourth-order valence-corrected chi connectivity index (χ4v) is 4.75. The largest absolute Gasteiger partial charge is 0.494 e. The van der Waals surface area contributed by atoms with Crippen LogP contribution in [-0.4, -0.2) is 64.2 Å². The molecule has 2 fully saturated rings. The van der Waals surface area contributed by atoms with Crippen molar-refractivity contribution in [3.63, 3.8) is 0 Å². The Morgan fingerprint density at radius 3 is 2.83 bits per heavy atom. The van der Waals surface area contributed by atoms with E-state index in [0.717, 1.165) is 12.8 Å². The van der Waals surface area contributed by atoms with Crippen molar-refractivity contribution in [2.75, 3.05) is 39.0 Å². The SMILES string of the molecule is CCOc1cccc(C(=O)N2CC[C@@H]3C[C@@H](C(=O)NCCS(=O)(=O)NC)[C@@H]3C2)c1. The first-order valence-corrected chi connectivity index (χ1v) is 11.7. The lowest BCUT2D eigenvalue weighted by Gasteiger charge is -2.50. The van der Waals surface area contributed by atoms with Gasteiger partial charge in [-0.1, -0.05) is 6.07 Å². The zero-order chi connectivity index (χ0) is 21.0. The molecule has 2 amide bonds. The van der Waals surface area contributed by atoms with Gasteiger partial charge in [0.25, 0.3) is 5.91 Å². The fourth-order valence-electron chi connectivity index (χ4n) is 4.18. The first-order valence-electron chi connectivity index (χ1n) is 10.1. The molecule has 1 saturated heterocycles. The van der Waals surface area contributed by atoms with Gasteiger partial charge in [-0.05, 0) is 56.8 Å². The molecule has 2 aliphatic rings. The Hall–Kier alpha value is -2.13. The second-order valence-corrected chi connectivity index (χ2v) is 9.63. The van der Waals surface area contributed by atoms with Crippen molar-refractivity contribution in [2.45, 2.75) is 19.8 Å². The fraction of sp³-hybridized carbons (Fsp3) is 0.600. The highest BCUT2D eigenvalue weighted by Crippen LogP contribution is 2.45. The van der Waals surface area contributed by atoms with Crippen LogP contribution in [0.25, 0.3) is 0 Å². The van der Waals surface area contributed by atoms with Crippen molar-refractivity contribution in [3.05, 3.63) is 29.8 Å². The molecule has 1 heterocycles. The molecule has 29 heavy (non-hydrogen) atoms. The van der Waals surface area contributed by atoms with E-state index >= 15 is 0 Å². The molecule has 2 N–H and O–H groups in total. The molecule has 0 bridgehead atoms. The zero-order valence-corrected chi connectivity index (χ0v) is 17.7. The highest BCUT2D eigenvalue weighted by molar-refractivity contribution is 7.89. The minimum Gasteiger partial charge on any atom is -0.494 e. The molecule has 0 aromatic heterocycles. The van der Waals surface area contributed by atoms with E-state index in [1.54, 1.807) is 12.1 Å². The van der Waals surface area contributed by atoms with Crippen LogP contribution in [0.2, 0.25) is 0 Å². The Bertz CT molecular complexity index is 857. The van der Waals surface area contributed by atoms with E-state index in [1.807, 2.05) is 24.0 Å². The molecule has 3 atom stereocenters. The van der Waals surface area contributed by atoms with E-state index in [1.165, 1.54) is 7.05 Å². The Kier molecular flexibility index (Phi) is 6.79. The number of likely N-dealkylation sites (tertiary alicyclic amines) is 1. The molecule has 9 heteroatoms. The summed E-state index contributed by atoms with van der Waals surface area (Å²) in [5.74, 6) is 0.778. The Morgan fingerprint density at radius 2 is 2.10 bits per heavy atom. The highest BCUT2D eigenvalue weighted by Gasteiger charge is 2.48. The quantitative estimate of drug-likeness (QED) is 0.645. The molecule has 3 rings (SSSR count). The first kappa shape index (κ1) is 21.6. The molecular formula is C20H29N3O5S. The number of ether oxygens (including phenoxy) is 1. The van der Waals surface area contributed by atoms with Gasteiger partial charge < -0.3 is 15.0 Å². The van der Waals surface area contributed by atoms with Crippen LogP contribution in [0.5, 0.6) is 5.75 Å². The minimum absolute atomic E-state index is 0.0452. The van der Waals surface area contributed by atoms with Crippen LogP contribution in [0, 0.1) is 17.8 Å². The third-order valence-electron chi connectivity index (χ3n) is 5.88. The summed E-state index contributed by atoms with van der Waals surface area (Å²) in [6.07, 6.45) is 1.69. The number of hydrogen-bond donors (Lipinski definition) is 2. The zero-order valence-electron chi connectivity index (χ0n) is 16.9. The number of rotatable bonds is 8. The molecule has 1 aromatic carbocycles. The standard InChI is InChI=1S/C20H29N3O5S/c1-3-28-16-6-4-5-15(11-16)20(25)23-9-7-14-12-17(18(14)13-23)19(24)22-8-10-29(26,27)21-2/h4-6,11,14,17-18,21H,3,7-10,12-13H2,1-2H3,(H,22,24)/t14-,17-,18-/m1/s1. The van der Waals surface area contributed by atoms with Gasteiger partial charge in [-0.3, -0.25) is 9.59 Å². The predicted octanol–water partition coefficient (Wildman–Crippen LogP) is 0.849. The second-order valence-electron chi connectivity index (χ2n) is 7.58. The molecule has 0 radical (unpaired) electrons. The third-order valence-corrected chi connectivity index (χ3v) is 7.24. The number of nitrogens with one attached hydrogen (secondary N) is 2. The van der Waals surface area contributed by atoms with E-state index in [9.17, 15) is 18.0 Å². The summed E-state index contributed by atoms with van der Waals surface area (Å²) in [5, 5.41) is 2.73. The van der Waals surface area contributed by atoms with Gasteiger partial charge in [0.2, 0.25) is 15.9 Å². The van der Waals surface area contributed by atoms with Crippen molar-refractivity contribution >= 4 is 21.8 Å². The summed E-state index contributed by atoms with van der Waals surface area (Å²) in [7, 11) is -1.99. The molecule has 1 aliphatic heterocycles. The topological polar surface area (TPSA) is 105 Å². The molecule has 8 nitrogen and oxygen atoms in total. The second kappa shape index (κ2) is 9.13. The van der Waals surface area contributed by atoms with Crippen molar-refractivity contribution in [1.29, 1.82) is 0 Å². The lowest BCUT2D eigenvalue weighted by molar-refractivity contribution is -0.136. The van der Waals surface area contributed by atoms with Crippen LogP contribution in [0.1, 0.15) is 30.1 Å². The molecule has 1 aliphatic carbocycles. The van der Waals surface area contributed by atoms with E-state index in [-0.39, 0.29) is 35.9 Å². The maximum atomic E-state index is 12.9. The average molecular weight is 424 g/mol. The maximum absolute atomic E-state index is 12.9. The van der Waals surface area contributed by atoms with Gasteiger partial charge in [-0.15, -0.1) is 0 Å². The van der Waals surface area contributed by atoms with Crippen LogP contribution >= 0.6 is 0 Å². The van der Waals surface area contributed by atoms with Gasteiger partial charge >= 0.3 is 0 Å². The Balaban J connectivity index is 1.56. The average Bonchev–Trinajstić information content (AvgIpc) is 2.69. The Morgan fingerprint density at radius 1 is 1.31 bits per heavy atom. The van der Waals surface area contributed by atoms with E-state index in [0.29, 0.717) is 36.9 Å². The van der Waals surface area contributed by atoms with Crippen LogP contribution in [-0.2, 0) is 14.8 Å². The van der Waals surface area contributed by atoms with Crippen LogP contribution in [0.3, 0.4) is 0 Å². The summed E-state index contributed by atoms with van der Waals surface area (Å²) in [6, 6.07) is 7.17. The van der Waals surface area contributed by atoms with E-state index < -0.39 is 10.0 Å². The van der Waals surface area contributed by atoms with Crippen molar-refractivity contribution < 1.29 is 22.7 Å². The van der Waals surface area contributed by atoms with Crippen LogP contribution < -0.4 is 14.8 Å². The lowest BCUT2D eigenvalue weighted by atomic mass is 9.61. The van der Waals surface area contributed by atoms with Gasteiger partial charge in [0.15, 0.2) is 0 Å². The number of amides is 2. The van der Waals surface area contributed by atoms with Gasteiger partial charge in [0, 0.05) is 31.1 Å². The third kappa shape index (κ3) is 5.08. The maximum Gasteiger partial charge on any atom is 0.253 e. The molecule has 1 aromatic rings. The molecule has 0 unspecified atom stereocenters. The number of piperidine rings is 1. The van der Waals surface area contributed by atoms with Gasteiger partial charge in [0.05, 0.1) is 12.4 Å². The number of nitrogens with zero attached hydrogens (tertiary/aromatic N) is 1. The number of carbonyl (C=O) groups excluding carboxylic acids is 2. The summed E-state index contributed by atoms with van der Waals surface area (Å²) < 4.78 is 30.6. The van der Waals surface area contributed by atoms with Crippen molar-refractivity contribution in [1.82, 2.24) is 14.9 Å². The summed E-state index contributed by atoms with van der Waals surface area (Å²) in [5.41, 5.74) is 0.590. The molecule has 0 spiro atoms. The molecular weight excluding hydrogens is 394 g/mol. The van der Waals surface area contributed by atoms with Crippen molar-refractivity contribution in [2.24, 2.45) is 17.8 Å². The summed E-state index contributed by atoms with van der Waals surface area (Å²) in [4.78, 5) is 27.2. The number of carbonyl (C=O) groups is 2.